The first-order valence-corrected chi connectivity index (χ1v) is 22.7. The molecule has 1 unspecified atom stereocenters. The number of hydrogen-bond donors (Lipinski definition) is 1. The second kappa shape index (κ2) is 33.9. The van der Waals surface area contributed by atoms with Crippen LogP contribution < -0.4 is 4.72 Å². The van der Waals surface area contributed by atoms with Crippen LogP contribution in [0, 0.1) is 0 Å². The maximum atomic E-state index is 12.5. The standard InChI is InChI=1S/C40H80N4O6S/c1-7-10-13-20-26-36-49-38(45)30-22-16-14-18-24-33-44(35-27-32-41-40(43(4)5)42-51(6,47)48)34-25-19-15-17-23-31-39(46)50-37(28-12-9-3)29-21-11-8-2/h37H,7-36H2,1-6H3,(H,41,42). The van der Waals surface area contributed by atoms with Gasteiger partial charge < -0.3 is 19.3 Å². The third kappa shape index (κ3) is 33.7. The van der Waals surface area contributed by atoms with Crippen LogP contribution >= 0.6 is 0 Å². The number of rotatable bonds is 35. The van der Waals surface area contributed by atoms with Crippen LogP contribution in [0.3, 0.4) is 0 Å². The van der Waals surface area contributed by atoms with Crippen LogP contribution in [0.2, 0.25) is 0 Å². The summed E-state index contributed by atoms with van der Waals surface area (Å²) >= 11 is 0. The van der Waals surface area contributed by atoms with E-state index in [-0.39, 0.29) is 18.0 Å². The molecule has 0 aliphatic carbocycles. The van der Waals surface area contributed by atoms with Gasteiger partial charge >= 0.3 is 11.9 Å². The van der Waals surface area contributed by atoms with Gasteiger partial charge in [-0.15, -0.1) is 0 Å². The van der Waals surface area contributed by atoms with Crippen LogP contribution in [0.15, 0.2) is 4.99 Å². The molecular formula is C40H80N4O6S. The summed E-state index contributed by atoms with van der Waals surface area (Å²) in [5.74, 6) is 0.271. The number of esters is 2. The van der Waals surface area contributed by atoms with Gasteiger partial charge in [-0.25, -0.2) is 8.42 Å². The van der Waals surface area contributed by atoms with E-state index in [1.807, 2.05) is 0 Å². The van der Waals surface area contributed by atoms with E-state index in [1.165, 1.54) is 32.1 Å². The minimum absolute atomic E-state index is 0.0290. The van der Waals surface area contributed by atoms with Crippen LogP contribution in [0.25, 0.3) is 0 Å². The topological polar surface area (TPSA) is 118 Å². The van der Waals surface area contributed by atoms with Gasteiger partial charge in [0, 0.05) is 33.5 Å². The zero-order chi connectivity index (χ0) is 38.0. The Hall–Kier alpha value is -1.88. The molecule has 0 radical (unpaired) electrons. The Labute approximate surface area is 314 Å². The normalized spacial score (nSPS) is 12.6. The minimum atomic E-state index is -3.38. The molecule has 1 atom stereocenters. The van der Waals surface area contributed by atoms with E-state index >= 15 is 0 Å². The number of aliphatic imine (C=N–C) groups is 1. The number of carbonyl (C=O) groups excluding carboxylic acids is 2. The number of hydrogen-bond acceptors (Lipinski definition) is 8. The second-order valence-electron chi connectivity index (χ2n) is 14.6. The average Bonchev–Trinajstić information content (AvgIpc) is 3.08. The van der Waals surface area contributed by atoms with Gasteiger partial charge in [0.15, 0.2) is 0 Å². The van der Waals surface area contributed by atoms with E-state index in [1.54, 1.807) is 19.0 Å². The molecule has 0 aromatic heterocycles. The van der Waals surface area contributed by atoms with Gasteiger partial charge in [-0.3, -0.25) is 19.3 Å². The fourth-order valence-corrected chi connectivity index (χ4v) is 6.62. The van der Waals surface area contributed by atoms with Crippen molar-refractivity contribution in [1.29, 1.82) is 0 Å². The first-order chi connectivity index (χ1) is 24.5. The Bertz CT molecular complexity index is 976. The Morgan fingerprint density at radius 2 is 1.12 bits per heavy atom. The SMILES string of the molecule is CCCCCCCOC(=O)CCCCCCCN(CCCCCCCC(=O)OC(CCCC)CCCCC)CCCN=C(NS(C)(=O)=O)N(C)C. The Kier molecular flexibility index (Phi) is 32.7. The molecule has 1 N–H and O–H groups in total. The maximum absolute atomic E-state index is 12.5. The van der Waals surface area contributed by atoms with Crippen molar-refractivity contribution in [2.75, 3.05) is 53.1 Å². The van der Waals surface area contributed by atoms with Crippen molar-refractivity contribution in [1.82, 2.24) is 14.5 Å². The van der Waals surface area contributed by atoms with Crippen LogP contribution in [-0.4, -0.2) is 95.4 Å². The first-order valence-electron chi connectivity index (χ1n) is 20.8. The molecule has 0 aromatic rings. The molecule has 10 nitrogen and oxygen atoms in total. The van der Waals surface area contributed by atoms with E-state index in [0.717, 1.165) is 141 Å². The summed E-state index contributed by atoms with van der Waals surface area (Å²) in [6, 6.07) is 0. The second-order valence-corrected chi connectivity index (χ2v) is 16.3. The lowest BCUT2D eigenvalue weighted by Gasteiger charge is -2.22. The lowest BCUT2D eigenvalue weighted by Crippen LogP contribution is -2.39. The average molecular weight is 745 g/mol. The Morgan fingerprint density at radius 3 is 1.71 bits per heavy atom. The van der Waals surface area contributed by atoms with E-state index in [4.69, 9.17) is 9.47 Å². The Morgan fingerprint density at radius 1 is 0.627 bits per heavy atom. The quantitative estimate of drug-likeness (QED) is 0.0296. The van der Waals surface area contributed by atoms with Crippen molar-refractivity contribution in [3.8, 4) is 0 Å². The molecule has 11 heteroatoms. The largest absolute Gasteiger partial charge is 0.466 e. The molecule has 0 bridgehead atoms. The van der Waals surface area contributed by atoms with E-state index in [2.05, 4.69) is 35.4 Å². The van der Waals surface area contributed by atoms with E-state index in [0.29, 0.717) is 32.0 Å². The molecule has 0 spiro atoms. The van der Waals surface area contributed by atoms with Gasteiger partial charge in [-0.05, 0) is 77.4 Å². The van der Waals surface area contributed by atoms with Gasteiger partial charge in [-0.1, -0.05) is 111 Å². The first kappa shape index (κ1) is 49.1. The maximum Gasteiger partial charge on any atom is 0.306 e. The number of guanidine groups is 1. The third-order valence-electron chi connectivity index (χ3n) is 9.12. The molecule has 0 aliphatic rings. The van der Waals surface area contributed by atoms with Gasteiger partial charge in [0.05, 0.1) is 12.9 Å². The smallest absolute Gasteiger partial charge is 0.306 e. The number of nitrogens with one attached hydrogen (secondary N) is 1. The number of unbranched alkanes of at least 4 members (excludes halogenated alkanes) is 15. The van der Waals surface area contributed by atoms with E-state index in [9.17, 15) is 18.0 Å². The zero-order valence-corrected chi connectivity index (χ0v) is 34.8. The van der Waals surface area contributed by atoms with Crippen LogP contribution in [0.4, 0.5) is 0 Å². The summed E-state index contributed by atoms with van der Waals surface area (Å²) in [6.45, 7) is 10.7. The highest BCUT2D eigenvalue weighted by molar-refractivity contribution is 7.89. The van der Waals surface area contributed by atoms with Crippen molar-refractivity contribution in [2.24, 2.45) is 4.99 Å². The highest BCUT2D eigenvalue weighted by Gasteiger charge is 2.14. The highest BCUT2D eigenvalue weighted by atomic mass is 32.2. The predicted octanol–water partition coefficient (Wildman–Crippen LogP) is 9.02. The minimum Gasteiger partial charge on any atom is -0.466 e. The lowest BCUT2D eigenvalue weighted by molar-refractivity contribution is -0.150. The molecular weight excluding hydrogens is 665 g/mol. The summed E-state index contributed by atoms with van der Waals surface area (Å²) in [5, 5.41) is 0. The molecule has 51 heavy (non-hydrogen) atoms. The summed E-state index contributed by atoms with van der Waals surface area (Å²) in [5.41, 5.74) is 0. The zero-order valence-electron chi connectivity index (χ0n) is 34.0. The van der Waals surface area contributed by atoms with Crippen molar-refractivity contribution < 1.29 is 27.5 Å². The summed E-state index contributed by atoms with van der Waals surface area (Å²) < 4.78 is 37.2. The van der Waals surface area contributed by atoms with Crippen molar-refractivity contribution in [3.05, 3.63) is 0 Å². The molecule has 0 rings (SSSR count). The fourth-order valence-electron chi connectivity index (χ4n) is 6.04. The molecule has 0 aliphatic heterocycles. The monoisotopic (exact) mass is 745 g/mol. The Balaban J connectivity index is 4.54. The van der Waals surface area contributed by atoms with Gasteiger partial charge in [0.25, 0.3) is 0 Å². The molecule has 0 saturated carbocycles. The molecule has 0 saturated heterocycles. The molecule has 0 heterocycles. The van der Waals surface area contributed by atoms with Crippen molar-refractivity contribution in [3.63, 3.8) is 0 Å². The highest BCUT2D eigenvalue weighted by Crippen LogP contribution is 2.16. The molecule has 0 amide bonds. The predicted molar refractivity (Wildman–Crippen MR) is 214 cm³/mol. The number of sulfonamides is 1. The van der Waals surface area contributed by atoms with E-state index < -0.39 is 10.0 Å². The molecule has 0 aromatic carbocycles. The summed E-state index contributed by atoms with van der Waals surface area (Å²) in [4.78, 5) is 33.2. The lowest BCUT2D eigenvalue weighted by atomic mass is 10.1. The van der Waals surface area contributed by atoms with Gasteiger partial charge in [0.2, 0.25) is 16.0 Å². The third-order valence-corrected chi connectivity index (χ3v) is 9.68. The summed E-state index contributed by atoms with van der Waals surface area (Å²) in [7, 11) is 0.181. The van der Waals surface area contributed by atoms with Crippen LogP contribution in [0.5, 0.6) is 0 Å². The van der Waals surface area contributed by atoms with Crippen LogP contribution in [0.1, 0.15) is 181 Å². The molecule has 0 fully saturated rings. The van der Waals surface area contributed by atoms with Crippen molar-refractivity contribution in [2.45, 2.75) is 187 Å². The molecule has 302 valence electrons. The van der Waals surface area contributed by atoms with Gasteiger partial charge in [0.1, 0.15) is 6.10 Å². The summed E-state index contributed by atoms with van der Waals surface area (Å²) in [6.07, 6.45) is 27.3. The number of carbonyl (C=O) groups is 2. The van der Waals surface area contributed by atoms with Crippen molar-refractivity contribution >= 4 is 27.9 Å². The number of ether oxygens (including phenoxy) is 2. The number of nitrogens with zero attached hydrogens (tertiary/aromatic N) is 3. The van der Waals surface area contributed by atoms with Gasteiger partial charge in [-0.2, -0.15) is 0 Å². The van der Waals surface area contributed by atoms with Crippen LogP contribution in [-0.2, 0) is 29.1 Å². The fraction of sp³-hybridized carbons (Fsp3) is 0.925.